The van der Waals surface area contributed by atoms with Crippen LogP contribution in [0.1, 0.15) is 12.5 Å². The van der Waals surface area contributed by atoms with E-state index in [1.54, 1.807) is 48.5 Å². The fraction of sp³-hybridized carbons (Fsp3) is 0.176. The fourth-order valence-electron chi connectivity index (χ4n) is 2.24. The third-order valence-corrected chi connectivity index (χ3v) is 5.41. The molecular formula is C17H17Cl2N3O3S. The summed E-state index contributed by atoms with van der Waals surface area (Å²) in [5.41, 5.74) is 3.36. The Balaban J connectivity index is 2.14. The number of amides is 1. The van der Waals surface area contributed by atoms with E-state index >= 15 is 0 Å². The van der Waals surface area contributed by atoms with Crippen LogP contribution in [0.2, 0.25) is 10.0 Å². The molecule has 1 atom stereocenters. The highest BCUT2D eigenvalue weighted by atomic mass is 35.5. The minimum Gasteiger partial charge on any atom is -0.271 e. The van der Waals surface area contributed by atoms with E-state index in [1.165, 1.54) is 13.1 Å². The molecule has 0 spiro atoms. The van der Waals surface area contributed by atoms with E-state index in [1.807, 2.05) is 0 Å². The Morgan fingerprint density at radius 2 is 1.81 bits per heavy atom. The number of nitrogens with zero attached hydrogens (tertiary/aromatic N) is 2. The summed E-state index contributed by atoms with van der Waals surface area (Å²) in [4.78, 5) is 12.3. The second-order valence-electron chi connectivity index (χ2n) is 5.48. The van der Waals surface area contributed by atoms with Crippen molar-refractivity contribution in [2.75, 3.05) is 10.6 Å². The highest BCUT2D eigenvalue weighted by molar-refractivity contribution is 7.92. The highest BCUT2D eigenvalue weighted by Crippen LogP contribution is 2.22. The maximum atomic E-state index is 12.3. The summed E-state index contributed by atoms with van der Waals surface area (Å²) in [6.45, 7) is 1.48. The quantitative estimate of drug-likeness (QED) is 0.582. The molecule has 6 nitrogen and oxygen atoms in total. The highest BCUT2D eigenvalue weighted by Gasteiger charge is 2.28. The number of hydrogen-bond acceptors (Lipinski definition) is 4. The molecule has 0 fully saturated rings. The Morgan fingerprint density at radius 3 is 2.38 bits per heavy atom. The zero-order valence-corrected chi connectivity index (χ0v) is 16.4. The van der Waals surface area contributed by atoms with E-state index < -0.39 is 22.0 Å². The minimum absolute atomic E-state index is 0.364. The number of rotatable bonds is 6. The Morgan fingerprint density at radius 1 is 1.15 bits per heavy atom. The fourth-order valence-corrected chi connectivity index (χ4v) is 3.72. The van der Waals surface area contributed by atoms with Gasteiger partial charge in [-0.2, -0.15) is 5.10 Å². The van der Waals surface area contributed by atoms with Gasteiger partial charge in [0, 0.05) is 0 Å². The van der Waals surface area contributed by atoms with Crippen molar-refractivity contribution in [2.45, 2.75) is 13.0 Å². The van der Waals surface area contributed by atoms with Crippen LogP contribution in [0.5, 0.6) is 0 Å². The molecule has 0 saturated heterocycles. The number of sulfonamides is 1. The zero-order chi connectivity index (χ0) is 19.3. The van der Waals surface area contributed by atoms with Crippen molar-refractivity contribution in [3.05, 3.63) is 64.1 Å². The van der Waals surface area contributed by atoms with Gasteiger partial charge < -0.3 is 0 Å². The van der Waals surface area contributed by atoms with Gasteiger partial charge in [-0.3, -0.25) is 9.10 Å². The molecule has 2 rings (SSSR count). The molecule has 0 bridgehead atoms. The van der Waals surface area contributed by atoms with Gasteiger partial charge >= 0.3 is 0 Å². The molecule has 0 heterocycles. The molecule has 0 aliphatic heterocycles. The molecule has 0 aliphatic rings. The maximum Gasteiger partial charge on any atom is 0.263 e. The van der Waals surface area contributed by atoms with Gasteiger partial charge in [0.25, 0.3) is 5.91 Å². The molecule has 2 aromatic carbocycles. The third-order valence-electron chi connectivity index (χ3n) is 3.43. The molecule has 0 radical (unpaired) electrons. The van der Waals surface area contributed by atoms with Crippen LogP contribution in [0.15, 0.2) is 53.6 Å². The van der Waals surface area contributed by atoms with Gasteiger partial charge in [0.2, 0.25) is 10.0 Å². The Kier molecular flexibility index (Phi) is 6.63. The molecule has 26 heavy (non-hydrogen) atoms. The molecular weight excluding hydrogens is 397 g/mol. The standard InChI is InChI=1S/C17H17Cl2N3O3S/c1-12(22(26(2,24)25)14-6-4-3-5-7-14)17(23)21-20-11-13-8-9-15(18)16(19)10-13/h3-12H,1-2H3,(H,21,23)/b20-11-/t12-/m0/s1. The average Bonchev–Trinajstić information content (AvgIpc) is 2.57. The third kappa shape index (κ3) is 5.20. The van der Waals surface area contributed by atoms with Crippen LogP contribution in [-0.4, -0.2) is 32.8 Å². The summed E-state index contributed by atoms with van der Waals surface area (Å²) in [5, 5.41) is 4.62. The van der Waals surface area contributed by atoms with Crippen molar-refractivity contribution in [2.24, 2.45) is 5.10 Å². The number of benzene rings is 2. The molecule has 9 heteroatoms. The van der Waals surface area contributed by atoms with Gasteiger partial charge in [0.15, 0.2) is 0 Å². The van der Waals surface area contributed by atoms with Gasteiger partial charge in [-0.1, -0.05) is 47.5 Å². The number of halogens is 2. The molecule has 0 aliphatic carbocycles. The second-order valence-corrected chi connectivity index (χ2v) is 8.15. The lowest BCUT2D eigenvalue weighted by Gasteiger charge is -2.27. The molecule has 2 aromatic rings. The van der Waals surface area contributed by atoms with E-state index in [2.05, 4.69) is 10.5 Å². The van der Waals surface area contributed by atoms with Crippen LogP contribution in [0.3, 0.4) is 0 Å². The first kappa shape index (κ1) is 20.2. The first-order valence-electron chi connectivity index (χ1n) is 7.52. The average molecular weight is 414 g/mol. The largest absolute Gasteiger partial charge is 0.271 e. The van der Waals surface area contributed by atoms with E-state index in [4.69, 9.17) is 23.2 Å². The van der Waals surface area contributed by atoms with Gasteiger partial charge in [-0.15, -0.1) is 0 Å². The summed E-state index contributed by atoms with van der Waals surface area (Å²) in [6, 6.07) is 12.3. The van der Waals surface area contributed by atoms with E-state index in [-0.39, 0.29) is 0 Å². The molecule has 1 N–H and O–H groups in total. The number of carbonyl (C=O) groups is 1. The van der Waals surface area contributed by atoms with Crippen molar-refractivity contribution in [3.8, 4) is 0 Å². The van der Waals surface area contributed by atoms with Gasteiger partial charge in [-0.25, -0.2) is 13.8 Å². The van der Waals surface area contributed by atoms with Crippen LogP contribution < -0.4 is 9.73 Å². The lowest BCUT2D eigenvalue weighted by Crippen LogP contribution is -2.46. The number of hydrazone groups is 1. The predicted molar refractivity (Wildman–Crippen MR) is 105 cm³/mol. The first-order valence-corrected chi connectivity index (χ1v) is 10.1. The summed E-state index contributed by atoms with van der Waals surface area (Å²) in [7, 11) is -3.66. The zero-order valence-electron chi connectivity index (χ0n) is 14.1. The van der Waals surface area contributed by atoms with Crippen LogP contribution in [0, 0.1) is 0 Å². The van der Waals surface area contributed by atoms with Crippen LogP contribution in [0.25, 0.3) is 0 Å². The number of hydrogen-bond donors (Lipinski definition) is 1. The van der Waals surface area contributed by atoms with Crippen molar-refractivity contribution in [1.29, 1.82) is 0 Å². The Hall–Kier alpha value is -2.09. The monoisotopic (exact) mass is 413 g/mol. The van der Waals surface area contributed by atoms with Crippen molar-refractivity contribution in [3.63, 3.8) is 0 Å². The van der Waals surface area contributed by atoms with E-state index in [0.29, 0.717) is 21.3 Å². The van der Waals surface area contributed by atoms with Crippen LogP contribution in [0.4, 0.5) is 5.69 Å². The first-order chi connectivity index (χ1) is 12.2. The molecule has 0 saturated carbocycles. The molecule has 0 unspecified atom stereocenters. The summed E-state index contributed by atoms with van der Waals surface area (Å²) in [6.07, 6.45) is 2.43. The lowest BCUT2D eigenvalue weighted by atomic mass is 10.2. The van der Waals surface area contributed by atoms with Gasteiger partial charge in [-0.05, 0) is 36.8 Å². The number of nitrogens with one attached hydrogen (secondary N) is 1. The topological polar surface area (TPSA) is 78.8 Å². The second kappa shape index (κ2) is 8.53. The van der Waals surface area contributed by atoms with Gasteiger partial charge in [0.05, 0.1) is 28.2 Å². The normalized spacial score (nSPS) is 12.8. The van der Waals surface area contributed by atoms with Crippen LogP contribution in [-0.2, 0) is 14.8 Å². The van der Waals surface area contributed by atoms with Crippen molar-refractivity contribution in [1.82, 2.24) is 5.43 Å². The number of para-hydroxylation sites is 1. The Labute approximate surface area is 162 Å². The smallest absolute Gasteiger partial charge is 0.263 e. The molecule has 0 aromatic heterocycles. The van der Waals surface area contributed by atoms with E-state index in [0.717, 1.165) is 10.6 Å². The molecule has 138 valence electrons. The number of anilines is 1. The SMILES string of the molecule is C[C@@H](C(=O)N/N=C\c1ccc(Cl)c(Cl)c1)N(c1ccccc1)S(C)(=O)=O. The summed E-state index contributed by atoms with van der Waals surface area (Å²) in [5.74, 6) is -0.574. The Bertz CT molecular complexity index is 918. The summed E-state index contributed by atoms with van der Waals surface area (Å²) < 4.78 is 25.3. The van der Waals surface area contributed by atoms with Crippen LogP contribution >= 0.6 is 23.2 Å². The summed E-state index contributed by atoms with van der Waals surface area (Å²) >= 11 is 11.7. The lowest BCUT2D eigenvalue weighted by molar-refractivity contribution is -0.121. The van der Waals surface area contributed by atoms with Crippen molar-refractivity contribution >= 4 is 51.0 Å². The van der Waals surface area contributed by atoms with Crippen molar-refractivity contribution < 1.29 is 13.2 Å². The van der Waals surface area contributed by atoms with E-state index in [9.17, 15) is 13.2 Å². The minimum atomic E-state index is -3.66. The maximum absolute atomic E-state index is 12.3. The number of carbonyl (C=O) groups excluding carboxylic acids is 1. The van der Waals surface area contributed by atoms with Gasteiger partial charge in [0.1, 0.15) is 6.04 Å². The molecule has 1 amide bonds. The predicted octanol–water partition coefficient (Wildman–Crippen LogP) is 3.30.